The number of carbonyl (C=O) groups is 1. The molecule has 0 bridgehead atoms. The molecule has 0 aliphatic carbocycles. The van der Waals surface area contributed by atoms with E-state index in [0.717, 1.165) is 28.5 Å². The quantitative estimate of drug-likeness (QED) is 0.923. The molecule has 0 saturated heterocycles. The zero-order valence-corrected chi connectivity index (χ0v) is 16.0. The number of nitrogens with zero attached hydrogens (tertiary/aromatic N) is 2. The summed E-state index contributed by atoms with van der Waals surface area (Å²) in [5.41, 5.74) is 2.77. The highest BCUT2D eigenvalue weighted by atomic mass is 16.3. The van der Waals surface area contributed by atoms with Gasteiger partial charge in [0.25, 0.3) is 0 Å². The van der Waals surface area contributed by atoms with Crippen molar-refractivity contribution >= 4 is 5.91 Å². The van der Waals surface area contributed by atoms with Gasteiger partial charge in [-0.05, 0) is 45.2 Å². The van der Waals surface area contributed by atoms with E-state index in [0.29, 0.717) is 0 Å². The SMILES string of the molecule is Cc1ccc(C(NC(=O)C(C)c2c(C)nn(C)c2C)C(C)(C)C)o1. The van der Waals surface area contributed by atoms with Gasteiger partial charge in [0.05, 0.1) is 17.7 Å². The largest absolute Gasteiger partial charge is 0.464 e. The monoisotopic (exact) mass is 331 g/mol. The average molecular weight is 331 g/mol. The molecule has 2 rings (SSSR count). The van der Waals surface area contributed by atoms with Gasteiger partial charge < -0.3 is 9.73 Å². The third-order valence-electron chi connectivity index (χ3n) is 4.59. The maximum absolute atomic E-state index is 12.9. The zero-order valence-electron chi connectivity index (χ0n) is 16.0. The molecule has 1 amide bonds. The lowest BCUT2D eigenvalue weighted by molar-refractivity contribution is -0.124. The van der Waals surface area contributed by atoms with Crippen LogP contribution < -0.4 is 5.32 Å². The second kappa shape index (κ2) is 6.46. The van der Waals surface area contributed by atoms with Gasteiger partial charge in [-0.2, -0.15) is 5.10 Å². The van der Waals surface area contributed by atoms with Gasteiger partial charge >= 0.3 is 0 Å². The van der Waals surface area contributed by atoms with Crippen molar-refractivity contribution < 1.29 is 9.21 Å². The minimum atomic E-state index is -0.264. The second-order valence-corrected chi connectivity index (χ2v) is 7.69. The lowest BCUT2D eigenvalue weighted by atomic mass is 9.84. The normalized spacial score (nSPS) is 14.5. The van der Waals surface area contributed by atoms with E-state index in [1.54, 1.807) is 0 Å². The summed E-state index contributed by atoms with van der Waals surface area (Å²) >= 11 is 0. The Labute approximate surface area is 144 Å². The van der Waals surface area contributed by atoms with E-state index in [-0.39, 0.29) is 23.3 Å². The van der Waals surface area contributed by atoms with Gasteiger partial charge in [0.2, 0.25) is 5.91 Å². The Kier molecular flexibility index (Phi) is 4.92. The van der Waals surface area contributed by atoms with Crippen LogP contribution in [0.1, 0.15) is 68.1 Å². The molecule has 2 aromatic rings. The highest BCUT2D eigenvalue weighted by Crippen LogP contribution is 2.34. The Morgan fingerprint density at radius 2 is 1.88 bits per heavy atom. The van der Waals surface area contributed by atoms with E-state index < -0.39 is 0 Å². The Morgan fingerprint density at radius 3 is 2.29 bits per heavy atom. The summed E-state index contributed by atoms with van der Waals surface area (Å²) in [5.74, 6) is 1.36. The van der Waals surface area contributed by atoms with Gasteiger partial charge in [-0.15, -0.1) is 0 Å². The molecule has 0 fully saturated rings. The van der Waals surface area contributed by atoms with Gasteiger partial charge in [-0.3, -0.25) is 9.48 Å². The second-order valence-electron chi connectivity index (χ2n) is 7.69. The van der Waals surface area contributed by atoms with Crippen molar-refractivity contribution in [2.24, 2.45) is 12.5 Å². The topological polar surface area (TPSA) is 60.1 Å². The maximum Gasteiger partial charge on any atom is 0.228 e. The number of hydrogen-bond donors (Lipinski definition) is 1. The lowest BCUT2D eigenvalue weighted by Crippen LogP contribution is -2.38. The van der Waals surface area contributed by atoms with Crippen LogP contribution in [-0.4, -0.2) is 15.7 Å². The van der Waals surface area contributed by atoms with Gasteiger partial charge in [0.15, 0.2) is 0 Å². The third kappa shape index (κ3) is 3.55. The molecule has 132 valence electrons. The van der Waals surface area contributed by atoms with E-state index in [1.807, 2.05) is 51.6 Å². The zero-order chi connectivity index (χ0) is 18.2. The summed E-state index contributed by atoms with van der Waals surface area (Å²) in [6.45, 7) is 14.1. The molecule has 1 N–H and O–H groups in total. The molecule has 5 nitrogen and oxygen atoms in total. The average Bonchev–Trinajstić information content (AvgIpc) is 2.98. The fourth-order valence-electron chi connectivity index (χ4n) is 3.14. The Bertz CT molecular complexity index is 734. The van der Waals surface area contributed by atoms with Gasteiger partial charge in [-0.25, -0.2) is 0 Å². The van der Waals surface area contributed by atoms with E-state index in [2.05, 4.69) is 31.2 Å². The first kappa shape index (κ1) is 18.3. The number of furan rings is 1. The van der Waals surface area contributed by atoms with Crippen molar-refractivity contribution in [2.45, 2.75) is 60.4 Å². The van der Waals surface area contributed by atoms with Crippen LogP contribution in [0, 0.1) is 26.2 Å². The number of aryl methyl sites for hydroxylation is 3. The molecule has 0 saturated carbocycles. The summed E-state index contributed by atoms with van der Waals surface area (Å²) in [6.07, 6.45) is 0. The fourth-order valence-corrected chi connectivity index (χ4v) is 3.14. The maximum atomic E-state index is 12.9. The van der Waals surface area contributed by atoms with E-state index in [1.165, 1.54) is 0 Å². The van der Waals surface area contributed by atoms with Crippen molar-refractivity contribution in [1.82, 2.24) is 15.1 Å². The van der Waals surface area contributed by atoms with Crippen molar-refractivity contribution in [3.05, 3.63) is 40.6 Å². The van der Waals surface area contributed by atoms with Crippen molar-refractivity contribution in [3.63, 3.8) is 0 Å². The number of amides is 1. The first-order valence-electron chi connectivity index (χ1n) is 8.39. The van der Waals surface area contributed by atoms with E-state index in [4.69, 9.17) is 4.42 Å². The van der Waals surface area contributed by atoms with Crippen LogP contribution in [0.3, 0.4) is 0 Å². The summed E-state index contributed by atoms with van der Waals surface area (Å²) in [5, 5.41) is 7.60. The Hall–Kier alpha value is -2.04. The van der Waals surface area contributed by atoms with Gasteiger partial charge in [0.1, 0.15) is 11.5 Å². The molecule has 2 atom stereocenters. The molecule has 2 aromatic heterocycles. The smallest absolute Gasteiger partial charge is 0.228 e. The number of rotatable bonds is 4. The molecule has 0 aliphatic heterocycles. The molecule has 2 heterocycles. The fraction of sp³-hybridized carbons (Fsp3) is 0.579. The molecular weight excluding hydrogens is 302 g/mol. The van der Waals surface area contributed by atoms with Crippen LogP contribution in [0.4, 0.5) is 0 Å². The van der Waals surface area contributed by atoms with E-state index >= 15 is 0 Å². The van der Waals surface area contributed by atoms with Crippen molar-refractivity contribution in [3.8, 4) is 0 Å². The number of hydrogen-bond acceptors (Lipinski definition) is 3. The summed E-state index contributed by atoms with van der Waals surface area (Å²) in [6, 6.07) is 3.69. The van der Waals surface area contributed by atoms with Crippen LogP contribution in [0.15, 0.2) is 16.5 Å². The third-order valence-corrected chi connectivity index (χ3v) is 4.59. The summed E-state index contributed by atoms with van der Waals surface area (Å²) in [7, 11) is 1.90. The molecule has 0 spiro atoms. The van der Waals surface area contributed by atoms with Crippen LogP contribution in [-0.2, 0) is 11.8 Å². The van der Waals surface area contributed by atoms with Crippen molar-refractivity contribution in [1.29, 1.82) is 0 Å². The van der Waals surface area contributed by atoms with Crippen LogP contribution in [0.25, 0.3) is 0 Å². The van der Waals surface area contributed by atoms with Gasteiger partial charge in [0, 0.05) is 18.3 Å². The minimum Gasteiger partial charge on any atom is -0.464 e. The molecule has 0 aliphatic rings. The van der Waals surface area contributed by atoms with Crippen LogP contribution in [0.5, 0.6) is 0 Å². The molecule has 0 aromatic carbocycles. The summed E-state index contributed by atoms with van der Waals surface area (Å²) in [4.78, 5) is 12.9. The lowest BCUT2D eigenvalue weighted by Gasteiger charge is -2.31. The number of nitrogens with one attached hydrogen (secondary N) is 1. The van der Waals surface area contributed by atoms with Crippen molar-refractivity contribution in [2.75, 3.05) is 0 Å². The summed E-state index contributed by atoms with van der Waals surface area (Å²) < 4.78 is 7.60. The predicted molar refractivity (Wildman–Crippen MR) is 94.9 cm³/mol. The Morgan fingerprint density at radius 1 is 1.25 bits per heavy atom. The molecule has 2 unspecified atom stereocenters. The number of carbonyl (C=O) groups excluding carboxylic acids is 1. The van der Waals surface area contributed by atoms with Crippen LogP contribution in [0.2, 0.25) is 0 Å². The van der Waals surface area contributed by atoms with Crippen LogP contribution >= 0.6 is 0 Å². The first-order valence-corrected chi connectivity index (χ1v) is 8.39. The molecular formula is C19H29N3O2. The standard InChI is InChI=1S/C19H29N3O2/c1-11-9-10-15(24-11)17(19(5,6)7)20-18(23)12(2)16-13(3)21-22(8)14(16)4/h9-10,12,17H,1-8H3,(H,20,23). The highest BCUT2D eigenvalue weighted by Gasteiger charge is 2.33. The minimum absolute atomic E-state index is 0.0109. The molecule has 5 heteroatoms. The van der Waals surface area contributed by atoms with Gasteiger partial charge in [-0.1, -0.05) is 20.8 Å². The Balaban J connectivity index is 2.27. The number of aromatic nitrogens is 2. The van der Waals surface area contributed by atoms with E-state index in [9.17, 15) is 4.79 Å². The predicted octanol–water partition coefficient (Wildman–Crippen LogP) is 3.95. The molecule has 24 heavy (non-hydrogen) atoms. The molecule has 0 radical (unpaired) electrons. The highest BCUT2D eigenvalue weighted by molar-refractivity contribution is 5.84. The first-order chi connectivity index (χ1) is 11.0.